The smallest absolute Gasteiger partial charge is 0.434 e. The third-order valence-electron chi connectivity index (χ3n) is 3.45. The van der Waals surface area contributed by atoms with Crippen LogP contribution in [0.4, 0.5) is 45.6 Å². The van der Waals surface area contributed by atoms with Crippen LogP contribution in [0.1, 0.15) is 10.4 Å². The third kappa shape index (κ3) is 6.20. The van der Waals surface area contributed by atoms with Gasteiger partial charge in [0, 0.05) is 5.69 Å². The summed E-state index contributed by atoms with van der Waals surface area (Å²) < 4.78 is 106. The number of carbonyl (C=O) groups is 2. The van der Waals surface area contributed by atoms with E-state index in [1.54, 1.807) is 5.32 Å². The number of hydrogen-bond acceptors (Lipinski definition) is 3. The van der Waals surface area contributed by atoms with Crippen LogP contribution >= 0.6 is 11.6 Å². The summed E-state index contributed by atoms with van der Waals surface area (Å²) >= 11 is 5.60. The quantitative estimate of drug-likeness (QED) is 0.577. The van der Waals surface area contributed by atoms with E-state index in [-0.39, 0.29) is 5.69 Å². The Hall–Kier alpha value is -3.09. The number of ether oxygens (including phenoxy) is 1. The lowest BCUT2D eigenvalue weighted by Gasteiger charge is -2.24. The Balaban J connectivity index is 2.11. The summed E-state index contributed by atoms with van der Waals surface area (Å²) in [5.41, 5.74) is -1.34. The van der Waals surface area contributed by atoms with E-state index in [1.165, 1.54) is 0 Å². The summed E-state index contributed by atoms with van der Waals surface area (Å²) in [5, 5.41) is 2.82. The molecule has 0 aromatic heterocycles. The van der Waals surface area contributed by atoms with E-state index in [4.69, 9.17) is 11.6 Å². The topological polar surface area (TPSA) is 67.4 Å². The fourth-order valence-corrected chi connectivity index (χ4v) is 2.39. The highest BCUT2D eigenvalue weighted by molar-refractivity contribution is 6.32. The largest absolute Gasteiger partial charge is 0.470 e. The highest BCUT2D eigenvalue weighted by atomic mass is 35.5. The molecular weight excluding hydrogens is 468 g/mol. The second-order valence-corrected chi connectivity index (χ2v) is 6.14. The summed E-state index contributed by atoms with van der Waals surface area (Å²) in [6.07, 6.45) is -15.7. The third-order valence-corrected chi connectivity index (χ3v) is 3.74. The minimum absolute atomic E-state index is 0.285. The van der Waals surface area contributed by atoms with Crippen LogP contribution in [0.5, 0.6) is 5.75 Å². The van der Waals surface area contributed by atoms with E-state index in [1.807, 2.05) is 5.32 Å². The van der Waals surface area contributed by atoms with Gasteiger partial charge in [0.05, 0.1) is 5.02 Å². The number of urea groups is 1. The van der Waals surface area contributed by atoms with Gasteiger partial charge in [-0.2, -0.15) is 26.3 Å². The number of benzene rings is 2. The maximum absolute atomic E-state index is 13.5. The first-order valence-electron chi connectivity index (χ1n) is 7.86. The highest BCUT2D eigenvalue weighted by Gasteiger charge is 2.59. The number of alkyl halides is 6. The van der Waals surface area contributed by atoms with Gasteiger partial charge in [-0.05, 0) is 30.3 Å². The van der Waals surface area contributed by atoms with Crippen molar-refractivity contribution in [2.24, 2.45) is 0 Å². The molecule has 168 valence electrons. The standard InChI is InChI=1S/C17H9ClF8N2O3/c18-8-6-7(4-5-11(8)31-14(16(21,22)23)17(24,25)26)27-15(30)28-13(29)12-9(19)2-1-3-10(12)20/h1-6,14H,(H2,27,28,29,30). The van der Waals surface area contributed by atoms with Crippen molar-refractivity contribution in [1.29, 1.82) is 0 Å². The van der Waals surface area contributed by atoms with Crippen molar-refractivity contribution in [3.05, 3.63) is 58.6 Å². The lowest BCUT2D eigenvalue weighted by molar-refractivity contribution is -0.299. The average Bonchev–Trinajstić information content (AvgIpc) is 2.58. The molecule has 0 aliphatic heterocycles. The van der Waals surface area contributed by atoms with Crippen molar-refractivity contribution in [3.8, 4) is 5.75 Å². The van der Waals surface area contributed by atoms with Crippen LogP contribution in [0.25, 0.3) is 0 Å². The number of hydrogen-bond donors (Lipinski definition) is 2. The first-order chi connectivity index (χ1) is 14.2. The van der Waals surface area contributed by atoms with Gasteiger partial charge in [-0.25, -0.2) is 13.6 Å². The van der Waals surface area contributed by atoms with E-state index < -0.39 is 58.4 Å². The maximum Gasteiger partial charge on any atom is 0.434 e. The number of carbonyl (C=O) groups excluding carboxylic acids is 2. The summed E-state index contributed by atoms with van der Waals surface area (Å²) in [4.78, 5) is 23.6. The fourth-order valence-electron chi connectivity index (χ4n) is 2.16. The Kier molecular flexibility index (Phi) is 6.99. The van der Waals surface area contributed by atoms with Crippen LogP contribution in [0.3, 0.4) is 0 Å². The molecule has 0 fully saturated rings. The monoisotopic (exact) mass is 476 g/mol. The molecule has 0 spiro atoms. The molecule has 0 unspecified atom stereocenters. The van der Waals surface area contributed by atoms with Crippen molar-refractivity contribution >= 4 is 29.2 Å². The molecule has 31 heavy (non-hydrogen) atoms. The molecular formula is C17H9ClF8N2O3. The molecule has 2 aromatic carbocycles. The predicted octanol–water partition coefficient (Wildman–Crippen LogP) is 5.45. The van der Waals surface area contributed by atoms with E-state index in [9.17, 15) is 44.7 Å². The lowest BCUT2D eigenvalue weighted by Crippen LogP contribution is -2.46. The molecule has 0 saturated carbocycles. The van der Waals surface area contributed by atoms with Crippen molar-refractivity contribution in [1.82, 2.24) is 5.32 Å². The molecule has 0 aliphatic carbocycles. The zero-order valence-corrected chi connectivity index (χ0v) is 15.4. The van der Waals surface area contributed by atoms with Crippen LogP contribution < -0.4 is 15.4 Å². The average molecular weight is 477 g/mol. The first kappa shape index (κ1) is 24.2. The minimum atomic E-state index is -5.78. The Morgan fingerprint density at radius 1 is 0.935 bits per heavy atom. The van der Waals surface area contributed by atoms with Crippen LogP contribution in [-0.2, 0) is 0 Å². The van der Waals surface area contributed by atoms with Crippen LogP contribution in [-0.4, -0.2) is 30.4 Å². The molecule has 0 heterocycles. The van der Waals surface area contributed by atoms with E-state index >= 15 is 0 Å². The zero-order chi connectivity index (χ0) is 23.6. The normalized spacial score (nSPS) is 11.9. The van der Waals surface area contributed by atoms with Gasteiger partial charge in [0.2, 0.25) is 0 Å². The van der Waals surface area contributed by atoms with Crippen LogP contribution in [0, 0.1) is 11.6 Å². The second-order valence-electron chi connectivity index (χ2n) is 5.73. The molecule has 0 aliphatic rings. The molecule has 14 heteroatoms. The molecule has 5 nitrogen and oxygen atoms in total. The van der Waals surface area contributed by atoms with E-state index in [0.717, 1.165) is 30.3 Å². The van der Waals surface area contributed by atoms with Gasteiger partial charge in [-0.1, -0.05) is 17.7 Å². The Morgan fingerprint density at radius 3 is 1.97 bits per heavy atom. The summed E-state index contributed by atoms with van der Waals surface area (Å²) in [6, 6.07) is 3.36. The number of anilines is 1. The van der Waals surface area contributed by atoms with Crippen molar-refractivity contribution in [2.75, 3.05) is 5.32 Å². The van der Waals surface area contributed by atoms with E-state index in [0.29, 0.717) is 6.07 Å². The molecule has 3 amide bonds. The Labute approximate surface area is 172 Å². The summed E-state index contributed by atoms with van der Waals surface area (Å²) in [6.45, 7) is 0. The van der Waals surface area contributed by atoms with Gasteiger partial charge in [-0.3, -0.25) is 10.1 Å². The summed E-state index contributed by atoms with van der Waals surface area (Å²) in [5.74, 6) is -4.94. The minimum Gasteiger partial charge on any atom is -0.470 e. The molecule has 0 bridgehead atoms. The SMILES string of the molecule is O=C(NC(=O)c1c(F)cccc1F)Nc1ccc(OC(C(F)(F)F)C(F)(F)F)c(Cl)c1. The van der Waals surface area contributed by atoms with Crippen LogP contribution in [0.15, 0.2) is 36.4 Å². The summed E-state index contributed by atoms with van der Waals surface area (Å²) in [7, 11) is 0. The number of imide groups is 1. The highest BCUT2D eigenvalue weighted by Crippen LogP contribution is 2.38. The number of amides is 3. The van der Waals surface area contributed by atoms with Gasteiger partial charge in [-0.15, -0.1) is 0 Å². The molecule has 0 saturated heterocycles. The van der Waals surface area contributed by atoms with Gasteiger partial charge in [0.1, 0.15) is 22.9 Å². The van der Waals surface area contributed by atoms with Crippen molar-refractivity contribution in [3.63, 3.8) is 0 Å². The molecule has 0 radical (unpaired) electrons. The molecule has 2 N–H and O–H groups in total. The van der Waals surface area contributed by atoms with Gasteiger partial charge < -0.3 is 10.1 Å². The number of rotatable bonds is 4. The maximum atomic E-state index is 13.5. The Morgan fingerprint density at radius 2 is 1.48 bits per heavy atom. The Bertz CT molecular complexity index is 960. The van der Waals surface area contributed by atoms with Crippen molar-refractivity contribution in [2.45, 2.75) is 18.5 Å². The van der Waals surface area contributed by atoms with Crippen molar-refractivity contribution < 1.29 is 49.4 Å². The van der Waals surface area contributed by atoms with Gasteiger partial charge >= 0.3 is 18.4 Å². The number of nitrogens with one attached hydrogen (secondary N) is 2. The molecule has 2 aromatic rings. The number of halogens is 9. The molecule has 2 rings (SSSR count). The molecule has 0 atom stereocenters. The van der Waals surface area contributed by atoms with E-state index in [2.05, 4.69) is 4.74 Å². The van der Waals surface area contributed by atoms with Gasteiger partial charge in [0.25, 0.3) is 12.0 Å². The first-order valence-corrected chi connectivity index (χ1v) is 8.24. The second kappa shape index (κ2) is 8.96. The fraction of sp³-hybridized carbons (Fsp3) is 0.176. The predicted molar refractivity (Wildman–Crippen MR) is 90.8 cm³/mol. The van der Waals surface area contributed by atoms with Crippen LogP contribution in [0.2, 0.25) is 5.02 Å². The van der Waals surface area contributed by atoms with Gasteiger partial charge in [0.15, 0.2) is 0 Å². The zero-order valence-electron chi connectivity index (χ0n) is 14.7. The lowest BCUT2D eigenvalue weighted by atomic mass is 10.2.